The lowest BCUT2D eigenvalue weighted by Gasteiger charge is -2.25. The number of imide groups is 1. The van der Waals surface area contributed by atoms with Gasteiger partial charge in [0.05, 0.1) is 11.1 Å². The molecule has 314 valence electrons. The molecule has 2 atom stereocenters. The van der Waals surface area contributed by atoms with Gasteiger partial charge in [-0.3, -0.25) is 24.3 Å². The van der Waals surface area contributed by atoms with Crippen LogP contribution >= 0.6 is 23.2 Å². The van der Waals surface area contributed by atoms with E-state index in [0.29, 0.717) is 46.4 Å². The second-order valence-corrected chi connectivity index (χ2v) is 16.0. The number of carbonyl (C=O) groups is 2. The van der Waals surface area contributed by atoms with Crippen molar-refractivity contribution in [1.82, 2.24) is 14.7 Å². The molecule has 0 aliphatic carbocycles. The predicted molar refractivity (Wildman–Crippen MR) is 236 cm³/mol. The molecular weight excluding hydrogens is 799 g/mol. The molecule has 3 aliphatic heterocycles. The second-order valence-electron chi connectivity index (χ2n) is 15.1. The summed E-state index contributed by atoms with van der Waals surface area (Å²) in [7, 11) is 0. The van der Waals surface area contributed by atoms with E-state index < -0.39 is 0 Å². The largest absolute Gasteiger partial charge is 0.492 e. The van der Waals surface area contributed by atoms with Crippen molar-refractivity contribution < 1.29 is 28.5 Å². The summed E-state index contributed by atoms with van der Waals surface area (Å²) in [5.74, 6) is 4.30. The monoisotopic (exact) mass is 850 g/mol. The lowest BCUT2D eigenvalue weighted by molar-refractivity contribution is 0.0644. The molecule has 2 fully saturated rings. The highest BCUT2D eigenvalue weighted by molar-refractivity contribution is 6.30. The molecule has 2 saturated heterocycles. The third-order valence-corrected chi connectivity index (χ3v) is 11.5. The topological polar surface area (TPSA) is 107 Å². The molecule has 5 aromatic carbocycles. The summed E-state index contributed by atoms with van der Waals surface area (Å²) < 4.78 is 23.7. The van der Waals surface area contributed by atoms with Gasteiger partial charge in [0.25, 0.3) is 11.8 Å². The summed E-state index contributed by atoms with van der Waals surface area (Å²) in [6, 6.07) is 37.8. The van der Waals surface area contributed by atoms with Crippen LogP contribution < -0.4 is 24.7 Å². The van der Waals surface area contributed by atoms with Crippen molar-refractivity contribution in [2.75, 3.05) is 52.5 Å². The van der Waals surface area contributed by atoms with Crippen molar-refractivity contribution in [3.63, 3.8) is 0 Å². The maximum atomic E-state index is 12.6. The molecule has 0 saturated carbocycles. The standard InChI is InChI=1S/C28H27ClN2O4.C20H25ClN2O2/c29-20-8-10-23(11-9-20)35-24-14-12-22(13-15-24)34-19-21-5-3-16-30(21)17-4-18-31-27(32)25-6-1-2-7-26(25)28(31)33;21-16-4-6-19(7-5-16)25-20-10-8-18(9-11-20)24-15-17-3-1-13-23(17)14-2-12-22/h1-2,6-15,21H,3-5,16-19H2;4-11,17H,1-3,12-15,22H2/t21-;17-/m00/s1. The highest BCUT2D eigenvalue weighted by atomic mass is 35.5. The van der Waals surface area contributed by atoms with Gasteiger partial charge in [0.1, 0.15) is 47.7 Å². The zero-order valence-electron chi connectivity index (χ0n) is 33.7. The summed E-state index contributed by atoms with van der Waals surface area (Å²) in [5.41, 5.74) is 6.64. The van der Waals surface area contributed by atoms with Gasteiger partial charge >= 0.3 is 0 Å². The Bertz CT molecular complexity index is 2100. The quantitative estimate of drug-likeness (QED) is 0.0916. The lowest BCUT2D eigenvalue weighted by Crippen LogP contribution is -2.37. The molecule has 2 N–H and O–H groups in total. The Morgan fingerprint density at radius 2 is 0.900 bits per heavy atom. The van der Waals surface area contributed by atoms with Crippen molar-refractivity contribution in [1.29, 1.82) is 0 Å². The van der Waals surface area contributed by atoms with Crippen LogP contribution in [0.3, 0.4) is 0 Å². The van der Waals surface area contributed by atoms with E-state index >= 15 is 0 Å². The molecule has 0 aromatic heterocycles. The number of likely N-dealkylation sites (tertiary alicyclic amines) is 2. The van der Waals surface area contributed by atoms with Crippen LogP contribution in [0.5, 0.6) is 34.5 Å². The van der Waals surface area contributed by atoms with Gasteiger partial charge in [-0.1, -0.05) is 35.3 Å². The van der Waals surface area contributed by atoms with Crippen LogP contribution in [0.2, 0.25) is 10.0 Å². The number of hydrogen-bond donors (Lipinski definition) is 1. The van der Waals surface area contributed by atoms with Gasteiger partial charge in [-0.05, 0) is 174 Å². The molecule has 0 unspecified atom stereocenters. The first-order valence-electron chi connectivity index (χ1n) is 20.8. The average Bonchev–Trinajstić information content (AvgIpc) is 3.99. The van der Waals surface area contributed by atoms with E-state index in [9.17, 15) is 9.59 Å². The number of benzene rings is 5. The number of amides is 2. The van der Waals surface area contributed by atoms with Crippen LogP contribution in [0.25, 0.3) is 0 Å². The summed E-state index contributed by atoms with van der Waals surface area (Å²) in [5, 5.41) is 1.37. The molecule has 12 heteroatoms. The maximum Gasteiger partial charge on any atom is 0.261 e. The Morgan fingerprint density at radius 3 is 1.32 bits per heavy atom. The number of halogens is 2. The Labute approximate surface area is 362 Å². The SMILES string of the molecule is NCCCN1CCC[C@H]1COc1ccc(Oc2ccc(Cl)cc2)cc1.O=C1c2ccccc2C(=O)N1CCCN1CCC[C@H]1COc1ccc(Oc2ccc(Cl)cc2)cc1. The summed E-state index contributed by atoms with van der Waals surface area (Å²) >= 11 is 11.8. The molecule has 3 aliphatic rings. The number of nitrogens with two attached hydrogens (primary N) is 1. The molecule has 0 spiro atoms. The Morgan fingerprint density at radius 1 is 0.517 bits per heavy atom. The number of carbonyl (C=O) groups excluding carboxylic acids is 2. The van der Waals surface area contributed by atoms with Crippen LogP contribution in [0.15, 0.2) is 121 Å². The van der Waals surface area contributed by atoms with Gasteiger partial charge < -0.3 is 24.7 Å². The fourth-order valence-electron chi connectivity index (χ4n) is 7.80. The number of ether oxygens (including phenoxy) is 4. The van der Waals surface area contributed by atoms with Crippen molar-refractivity contribution in [3.8, 4) is 34.5 Å². The van der Waals surface area contributed by atoms with Gasteiger partial charge in [0.15, 0.2) is 0 Å². The van der Waals surface area contributed by atoms with Gasteiger partial charge in [-0.2, -0.15) is 0 Å². The number of rotatable bonds is 17. The highest BCUT2D eigenvalue weighted by Crippen LogP contribution is 2.29. The van der Waals surface area contributed by atoms with Crippen molar-refractivity contribution in [2.45, 2.75) is 50.6 Å². The van der Waals surface area contributed by atoms with Crippen LogP contribution in [0.4, 0.5) is 0 Å². The highest BCUT2D eigenvalue weighted by Gasteiger charge is 2.35. The second kappa shape index (κ2) is 21.4. The minimum atomic E-state index is -0.185. The Balaban J connectivity index is 0.000000192. The summed E-state index contributed by atoms with van der Waals surface area (Å²) in [6.07, 6.45) is 6.43. The summed E-state index contributed by atoms with van der Waals surface area (Å²) in [4.78, 5) is 31.4. The molecule has 10 nitrogen and oxygen atoms in total. The molecule has 0 bridgehead atoms. The third kappa shape index (κ3) is 11.8. The van der Waals surface area contributed by atoms with E-state index in [1.165, 1.54) is 17.7 Å². The molecule has 60 heavy (non-hydrogen) atoms. The lowest BCUT2D eigenvalue weighted by atomic mass is 10.1. The zero-order chi connectivity index (χ0) is 41.7. The van der Waals surface area contributed by atoms with Gasteiger partial charge in [-0.15, -0.1) is 0 Å². The normalized spacial score (nSPS) is 17.6. The van der Waals surface area contributed by atoms with Crippen LogP contribution in [0, 0.1) is 0 Å². The first-order valence-corrected chi connectivity index (χ1v) is 21.5. The van der Waals surface area contributed by atoms with Crippen molar-refractivity contribution >= 4 is 35.0 Å². The molecule has 8 rings (SSSR count). The van der Waals surface area contributed by atoms with Crippen LogP contribution in [0.1, 0.15) is 59.2 Å². The Kier molecular flexibility index (Phi) is 15.4. The van der Waals surface area contributed by atoms with Crippen molar-refractivity contribution in [2.24, 2.45) is 5.73 Å². The minimum absolute atomic E-state index is 0.185. The predicted octanol–water partition coefficient (Wildman–Crippen LogP) is 9.99. The number of hydrogen-bond acceptors (Lipinski definition) is 9. The molecule has 5 aromatic rings. The number of nitrogens with zero attached hydrogens (tertiary/aromatic N) is 3. The number of fused-ring (bicyclic) bond motifs is 1. The third-order valence-electron chi connectivity index (χ3n) is 11.0. The van der Waals surface area contributed by atoms with Crippen LogP contribution in [-0.2, 0) is 0 Å². The first-order chi connectivity index (χ1) is 29.3. The zero-order valence-corrected chi connectivity index (χ0v) is 35.2. The molecule has 3 heterocycles. The van der Waals surface area contributed by atoms with Gasteiger partial charge in [-0.25, -0.2) is 0 Å². The van der Waals surface area contributed by atoms with E-state index in [0.717, 1.165) is 99.5 Å². The molecular formula is C48H52Cl2N4O6. The average molecular weight is 852 g/mol. The molecule has 0 radical (unpaired) electrons. The maximum absolute atomic E-state index is 12.6. The minimum Gasteiger partial charge on any atom is -0.492 e. The Hall–Kier alpha value is -5.10. The first kappa shape index (κ1) is 43.0. The molecule has 2 amide bonds. The van der Waals surface area contributed by atoms with Crippen molar-refractivity contribution in [3.05, 3.63) is 142 Å². The van der Waals surface area contributed by atoms with E-state index in [2.05, 4.69) is 9.80 Å². The fourth-order valence-corrected chi connectivity index (χ4v) is 8.05. The van der Waals surface area contributed by atoms with E-state index in [-0.39, 0.29) is 11.8 Å². The van der Waals surface area contributed by atoms with Gasteiger partial charge in [0.2, 0.25) is 0 Å². The van der Waals surface area contributed by atoms with Crippen LogP contribution in [-0.4, -0.2) is 91.1 Å². The van der Waals surface area contributed by atoms with E-state index in [4.69, 9.17) is 47.9 Å². The van der Waals surface area contributed by atoms with E-state index in [1.807, 2.05) is 84.9 Å². The van der Waals surface area contributed by atoms with E-state index in [1.54, 1.807) is 36.4 Å². The summed E-state index contributed by atoms with van der Waals surface area (Å²) in [6.45, 7) is 6.57. The fraction of sp³-hybridized carbons (Fsp3) is 0.333. The van der Waals surface area contributed by atoms with Gasteiger partial charge in [0, 0.05) is 35.2 Å². The smallest absolute Gasteiger partial charge is 0.261 e.